The number of hydrogen-bond acceptors (Lipinski definition) is 2. The van der Waals surface area contributed by atoms with Crippen molar-refractivity contribution >= 4 is 11.8 Å². The molecule has 1 atom stereocenters. The Morgan fingerprint density at radius 3 is 2.64 bits per heavy atom. The molecule has 4 nitrogen and oxygen atoms in total. The number of fused-ring (bicyclic) bond motifs is 1. The molecule has 1 aliphatic heterocycles. The first-order valence-corrected chi connectivity index (χ1v) is 8.74. The fourth-order valence-electron chi connectivity index (χ4n) is 3.51. The van der Waals surface area contributed by atoms with Crippen molar-refractivity contribution in [3.63, 3.8) is 0 Å². The molecular weight excluding hydrogens is 312 g/mol. The predicted octanol–water partition coefficient (Wildman–Crippen LogP) is 3.00. The Morgan fingerprint density at radius 1 is 1.16 bits per heavy atom. The number of nitrogens with one attached hydrogen (secondary N) is 1. The number of carbonyl (C=O) groups excluding carboxylic acids is 2. The van der Waals surface area contributed by atoms with Crippen LogP contribution in [0.4, 0.5) is 0 Å². The zero-order chi connectivity index (χ0) is 17.8. The van der Waals surface area contributed by atoms with Gasteiger partial charge in [0.05, 0.1) is 6.04 Å². The molecule has 2 amide bonds. The summed E-state index contributed by atoms with van der Waals surface area (Å²) in [6, 6.07) is 16.6. The first-order valence-electron chi connectivity index (χ1n) is 8.74. The highest BCUT2D eigenvalue weighted by Crippen LogP contribution is 2.35. The van der Waals surface area contributed by atoms with Gasteiger partial charge in [0.2, 0.25) is 11.8 Å². The quantitative estimate of drug-likeness (QED) is 0.933. The van der Waals surface area contributed by atoms with Crippen LogP contribution in [0.15, 0.2) is 48.5 Å². The molecule has 0 aliphatic carbocycles. The lowest BCUT2D eigenvalue weighted by molar-refractivity contribution is -0.133. The standard InChI is InChI=1S/C21H24N2O2/c1-15-8-9-19-18(14-15)11-13-23(20(25)10-12-22-16(2)24)21(19)17-6-4-3-5-7-17/h3-9,14,21H,10-13H2,1-2H3,(H,22,24). The van der Waals surface area contributed by atoms with E-state index >= 15 is 0 Å². The number of hydrogen-bond donors (Lipinski definition) is 1. The van der Waals surface area contributed by atoms with Crippen LogP contribution in [0, 0.1) is 6.92 Å². The van der Waals surface area contributed by atoms with Crippen LogP contribution in [0.3, 0.4) is 0 Å². The van der Waals surface area contributed by atoms with Crippen molar-refractivity contribution in [2.45, 2.75) is 32.7 Å². The Bertz CT molecular complexity index is 771. The summed E-state index contributed by atoms with van der Waals surface area (Å²) in [7, 11) is 0. The number of carbonyl (C=O) groups is 2. The lowest BCUT2D eigenvalue weighted by Gasteiger charge is -2.38. The van der Waals surface area contributed by atoms with Crippen LogP contribution >= 0.6 is 0 Å². The lowest BCUT2D eigenvalue weighted by Crippen LogP contribution is -2.41. The number of aryl methyl sites for hydroxylation is 1. The molecule has 1 aliphatic rings. The monoisotopic (exact) mass is 336 g/mol. The Kier molecular flexibility index (Phi) is 5.17. The molecule has 25 heavy (non-hydrogen) atoms. The van der Waals surface area contributed by atoms with Gasteiger partial charge >= 0.3 is 0 Å². The summed E-state index contributed by atoms with van der Waals surface area (Å²) in [5.41, 5.74) is 4.90. The maximum Gasteiger partial charge on any atom is 0.225 e. The Balaban J connectivity index is 1.91. The molecule has 130 valence electrons. The third-order valence-corrected chi connectivity index (χ3v) is 4.68. The maximum atomic E-state index is 12.8. The van der Waals surface area contributed by atoms with Crippen molar-refractivity contribution in [3.05, 3.63) is 70.8 Å². The summed E-state index contributed by atoms with van der Waals surface area (Å²) < 4.78 is 0. The fourth-order valence-corrected chi connectivity index (χ4v) is 3.51. The normalized spacial score (nSPS) is 16.2. The molecule has 0 saturated carbocycles. The number of benzene rings is 2. The Morgan fingerprint density at radius 2 is 1.92 bits per heavy atom. The van der Waals surface area contributed by atoms with E-state index in [9.17, 15) is 9.59 Å². The lowest BCUT2D eigenvalue weighted by atomic mass is 9.87. The van der Waals surface area contributed by atoms with E-state index in [1.54, 1.807) is 0 Å². The van der Waals surface area contributed by atoms with Crippen molar-refractivity contribution in [3.8, 4) is 0 Å². The van der Waals surface area contributed by atoms with Gasteiger partial charge in [0.25, 0.3) is 0 Å². The molecule has 0 fully saturated rings. The SMILES string of the molecule is CC(=O)NCCC(=O)N1CCc2cc(C)ccc2C1c1ccccc1. The molecule has 3 rings (SSSR count). The molecule has 0 bridgehead atoms. The summed E-state index contributed by atoms with van der Waals surface area (Å²) >= 11 is 0. The molecule has 0 aromatic heterocycles. The minimum absolute atomic E-state index is 0.0598. The van der Waals surface area contributed by atoms with Crippen LogP contribution in [0.2, 0.25) is 0 Å². The average Bonchev–Trinajstić information content (AvgIpc) is 2.60. The first-order chi connectivity index (χ1) is 12.1. The molecule has 0 radical (unpaired) electrons. The molecule has 4 heteroatoms. The second-order valence-corrected chi connectivity index (χ2v) is 6.59. The van der Waals surface area contributed by atoms with Gasteiger partial charge in [0, 0.05) is 26.4 Å². The van der Waals surface area contributed by atoms with E-state index in [-0.39, 0.29) is 17.9 Å². The Labute approximate surface area is 148 Å². The van der Waals surface area contributed by atoms with Gasteiger partial charge in [0.15, 0.2) is 0 Å². The summed E-state index contributed by atoms with van der Waals surface area (Å²) in [6.07, 6.45) is 1.19. The molecular formula is C21H24N2O2. The molecule has 1 heterocycles. The maximum absolute atomic E-state index is 12.8. The van der Waals surface area contributed by atoms with E-state index in [1.807, 2.05) is 23.1 Å². The van der Waals surface area contributed by atoms with E-state index in [2.05, 4.69) is 42.6 Å². The van der Waals surface area contributed by atoms with Gasteiger partial charge < -0.3 is 10.2 Å². The number of nitrogens with zero attached hydrogens (tertiary/aromatic N) is 1. The third-order valence-electron chi connectivity index (χ3n) is 4.68. The van der Waals surface area contributed by atoms with E-state index in [0.717, 1.165) is 12.0 Å². The summed E-state index contributed by atoms with van der Waals surface area (Å²) in [5, 5.41) is 2.71. The molecule has 1 N–H and O–H groups in total. The van der Waals surface area contributed by atoms with Crippen LogP contribution in [0.1, 0.15) is 41.6 Å². The van der Waals surface area contributed by atoms with Crippen molar-refractivity contribution < 1.29 is 9.59 Å². The number of rotatable bonds is 4. The third kappa shape index (κ3) is 3.90. The summed E-state index contributed by atoms with van der Waals surface area (Å²) in [6.45, 7) is 4.65. The molecule has 0 saturated heterocycles. The smallest absolute Gasteiger partial charge is 0.225 e. The molecule has 0 spiro atoms. The highest BCUT2D eigenvalue weighted by Gasteiger charge is 2.31. The number of amides is 2. The molecule has 1 unspecified atom stereocenters. The second-order valence-electron chi connectivity index (χ2n) is 6.59. The zero-order valence-corrected chi connectivity index (χ0v) is 14.8. The van der Waals surface area contributed by atoms with Gasteiger partial charge in [0.1, 0.15) is 0 Å². The second kappa shape index (κ2) is 7.51. The van der Waals surface area contributed by atoms with E-state index in [1.165, 1.54) is 23.6 Å². The largest absolute Gasteiger partial charge is 0.356 e. The van der Waals surface area contributed by atoms with Crippen LogP contribution in [-0.4, -0.2) is 29.8 Å². The van der Waals surface area contributed by atoms with Crippen LogP contribution in [0.25, 0.3) is 0 Å². The highest BCUT2D eigenvalue weighted by atomic mass is 16.2. The molecule has 2 aromatic carbocycles. The van der Waals surface area contributed by atoms with Gasteiger partial charge in [-0.2, -0.15) is 0 Å². The topological polar surface area (TPSA) is 49.4 Å². The van der Waals surface area contributed by atoms with Crippen molar-refractivity contribution in [2.75, 3.05) is 13.1 Å². The van der Waals surface area contributed by atoms with Gasteiger partial charge in [-0.05, 0) is 30.0 Å². The van der Waals surface area contributed by atoms with E-state index in [4.69, 9.17) is 0 Å². The van der Waals surface area contributed by atoms with Crippen molar-refractivity contribution in [1.29, 1.82) is 0 Å². The fraction of sp³-hybridized carbons (Fsp3) is 0.333. The van der Waals surface area contributed by atoms with Crippen molar-refractivity contribution in [2.24, 2.45) is 0 Å². The average molecular weight is 336 g/mol. The predicted molar refractivity (Wildman–Crippen MR) is 98.2 cm³/mol. The van der Waals surface area contributed by atoms with E-state index in [0.29, 0.717) is 19.5 Å². The summed E-state index contributed by atoms with van der Waals surface area (Å²) in [4.78, 5) is 25.8. The van der Waals surface area contributed by atoms with E-state index < -0.39 is 0 Å². The molecule has 2 aromatic rings. The van der Waals surface area contributed by atoms with Crippen LogP contribution < -0.4 is 5.32 Å². The van der Waals surface area contributed by atoms with Crippen LogP contribution in [0.5, 0.6) is 0 Å². The highest BCUT2D eigenvalue weighted by molar-refractivity contribution is 5.79. The summed E-state index contributed by atoms with van der Waals surface area (Å²) in [5.74, 6) is -0.0271. The minimum Gasteiger partial charge on any atom is -0.356 e. The van der Waals surface area contributed by atoms with Crippen LogP contribution in [-0.2, 0) is 16.0 Å². The van der Waals surface area contributed by atoms with Crippen molar-refractivity contribution in [1.82, 2.24) is 10.2 Å². The zero-order valence-electron chi connectivity index (χ0n) is 14.8. The minimum atomic E-state index is -0.105. The van der Waals surface area contributed by atoms with Gasteiger partial charge in [-0.15, -0.1) is 0 Å². The van der Waals surface area contributed by atoms with Gasteiger partial charge in [-0.3, -0.25) is 9.59 Å². The van der Waals surface area contributed by atoms with Gasteiger partial charge in [-0.1, -0.05) is 54.1 Å². The van der Waals surface area contributed by atoms with Gasteiger partial charge in [-0.25, -0.2) is 0 Å². The first kappa shape index (κ1) is 17.2. The Hall–Kier alpha value is -2.62.